The average Bonchev–Trinajstić information content (AvgIpc) is 2.34. The van der Waals surface area contributed by atoms with Crippen LogP contribution in [-0.2, 0) is 10.1 Å². The maximum atomic E-state index is 11.2. The molecule has 0 amide bonds. The van der Waals surface area contributed by atoms with Gasteiger partial charge in [0, 0.05) is 11.9 Å². The molecule has 4 nitrogen and oxygen atoms in total. The van der Waals surface area contributed by atoms with E-state index in [9.17, 15) is 13.0 Å². The van der Waals surface area contributed by atoms with Crippen LogP contribution in [0.2, 0.25) is 0 Å². The van der Waals surface area contributed by atoms with Crippen LogP contribution in [0, 0.1) is 0 Å². The van der Waals surface area contributed by atoms with Crippen molar-refractivity contribution in [1.29, 1.82) is 0 Å². The van der Waals surface area contributed by atoms with Crippen LogP contribution in [0.15, 0.2) is 0 Å². The number of unbranched alkanes of at least 4 members (excludes halogenated alkanes) is 7. The first-order valence-corrected chi connectivity index (χ1v) is 9.05. The Balaban J connectivity index is 0. The molecule has 20 heavy (non-hydrogen) atoms. The van der Waals surface area contributed by atoms with Crippen molar-refractivity contribution in [2.24, 2.45) is 0 Å². The molecule has 0 radical (unpaired) electrons. The number of hydrogen-bond acceptors (Lipinski definition) is 4. The third-order valence-electron chi connectivity index (χ3n) is 3.47. The van der Waals surface area contributed by atoms with Crippen LogP contribution in [0.4, 0.5) is 0 Å². The third-order valence-corrected chi connectivity index (χ3v) is 4.76. The van der Waals surface area contributed by atoms with Gasteiger partial charge in [0.05, 0.1) is 10.1 Å². The van der Waals surface area contributed by atoms with Crippen LogP contribution in [0.5, 0.6) is 0 Å². The summed E-state index contributed by atoms with van der Waals surface area (Å²) in [5, 5.41) is 7.94. The molecule has 0 saturated heterocycles. The Morgan fingerprint density at radius 2 is 1.35 bits per heavy atom. The fraction of sp³-hybridized carbons (Fsp3) is 1.00. The van der Waals surface area contributed by atoms with Gasteiger partial charge in [0.1, 0.15) is 0 Å². The average molecular weight is 316 g/mol. The van der Waals surface area contributed by atoms with Gasteiger partial charge in [-0.3, -0.25) is 0 Å². The molecule has 1 atom stereocenters. The maximum Gasteiger partial charge on any atom is 1.00 e. The summed E-state index contributed by atoms with van der Waals surface area (Å²) in [4.78, 5) is 0. The zero-order chi connectivity index (χ0) is 14.6. The summed E-state index contributed by atoms with van der Waals surface area (Å²) in [6.45, 7) is 2.32. The molecule has 0 aliphatic carbocycles. The predicted octanol–water partition coefficient (Wildman–Crippen LogP) is 0.208. The SMILES string of the molecule is CCCCCCCC(CCCCCCO)S(=O)(=O)[O-].[Na+]. The summed E-state index contributed by atoms with van der Waals surface area (Å²) < 4.78 is 33.5. The van der Waals surface area contributed by atoms with Crippen molar-refractivity contribution in [3.8, 4) is 0 Å². The van der Waals surface area contributed by atoms with Gasteiger partial charge in [-0.25, -0.2) is 8.42 Å². The summed E-state index contributed by atoms with van der Waals surface area (Å²) >= 11 is 0. The standard InChI is InChI=1S/C14H30O4S.Na/c1-2-3-4-5-8-11-14(19(16,17)18)12-9-6-7-10-13-15;/h14-15H,2-13H2,1H3,(H,16,17,18);/q;+1/p-1. The van der Waals surface area contributed by atoms with Crippen LogP contribution >= 0.6 is 0 Å². The molecule has 0 aromatic rings. The van der Waals surface area contributed by atoms with E-state index >= 15 is 0 Å². The van der Waals surface area contributed by atoms with Gasteiger partial charge in [-0.2, -0.15) is 0 Å². The van der Waals surface area contributed by atoms with Crippen LogP contribution in [-0.4, -0.2) is 29.9 Å². The number of aliphatic hydroxyl groups is 1. The van der Waals surface area contributed by atoms with Gasteiger partial charge >= 0.3 is 29.6 Å². The summed E-state index contributed by atoms with van der Waals surface area (Å²) in [5.74, 6) is 0. The van der Waals surface area contributed by atoms with Crippen molar-refractivity contribution in [2.45, 2.75) is 82.8 Å². The van der Waals surface area contributed by atoms with Crippen molar-refractivity contribution < 1.29 is 47.6 Å². The Morgan fingerprint density at radius 1 is 0.900 bits per heavy atom. The fourth-order valence-corrected chi connectivity index (χ4v) is 3.16. The van der Waals surface area contributed by atoms with Crippen molar-refractivity contribution >= 4 is 10.1 Å². The third kappa shape index (κ3) is 13.8. The quantitative estimate of drug-likeness (QED) is 0.299. The van der Waals surface area contributed by atoms with E-state index in [0.29, 0.717) is 12.8 Å². The first-order valence-electron chi connectivity index (χ1n) is 7.58. The molecule has 0 aliphatic rings. The van der Waals surface area contributed by atoms with Crippen LogP contribution in [0.3, 0.4) is 0 Å². The first-order chi connectivity index (χ1) is 9.02. The van der Waals surface area contributed by atoms with Crippen LogP contribution < -0.4 is 29.6 Å². The van der Waals surface area contributed by atoms with E-state index in [1.165, 1.54) is 6.42 Å². The Labute approximate surface area is 146 Å². The van der Waals surface area contributed by atoms with Gasteiger partial charge in [-0.05, 0) is 19.3 Å². The minimum absolute atomic E-state index is 0. The largest absolute Gasteiger partial charge is 1.00 e. The molecule has 0 saturated carbocycles. The van der Waals surface area contributed by atoms with E-state index in [2.05, 4.69) is 6.92 Å². The minimum atomic E-state index is -4.15. The second-order valence-electron chi connectivity index (χ2n) is 5.24. The molecule has 0 heterocycles. The Kier molecular flexibility index (Phi) is 17.1. The van der Waals surface area contributed by atoms with Gasteiger partial charge < -0.3 is 9.66 Å². The van der Waals surface area contributed by atoms with Gasteiger partial charge in [0.2, 0.25) is 0 Å². The number of hydrogen-bond donors (Lipinski definition) is 1. The van der Waals surface area contributed by atoms with E-state index in [1.54, 1.807) is 0 Å². The molecular weight excluding hydrogens is 287 g/mol. The van der Waals surface area contributed by atoms with E-state index in [0.717, 1.165) is 51.4 Å². The molecular formula is C14H29NaO4S. The summed E-state index contributed by atoms with van der Waals surface area (Å²) in [6.07, 6.45) is 9.62. The molecule has 1 N–H and O–H groups in total. The van der Waals surface area contributed by atoms with Crippen molar-refractivity contribution in [1.82, 2.24) is 0 Å². The minimum Gasteiger partial charge on any atom is -0.748 e. The van der Waals surface area contributed by atoms with Crippen molar-refractivity contribution in [3.63, 3.8) is 0 Å². The molecule has 0 rings (SSSR count). The molecule has 0 aromatic carbocycles. The normalized spacial score (nSPS) is 12.9. The summed E-state index contributed by atoms with van der Waals surface area (Å²) in [7, 11) is -4.15. The second kappa shape index (κ2) is 14.8. The predicted molar refractivity (Wildman–Crippen MR) is 77.0 cm³/mol. The Morgan fingerprint density at radius 3 is 1.75 bits per heavy atom. The molecule has 6 heteroatoms. The molecule has 0 bridgehead atoms. The Hall–Kier alpha value is 0.870. The molecule has 0 aliphatic heterocycles. The van der Waals surface area contributed by atoms with Gasteiger partial charge in [-0.1, -0.05) is 58.3 Å². The van der Waals surface area contributed by atoms with E-state index < -0.39 is 15.4 Å². The first kappa shape index (κ1) is 23.1. The topological polar surface area (TPSA) is 77.4 Å². The second-order valence-corrected chi connectivity index (χ2v) is 6.90. The van der Waals surface area contributed by atoms with Gasteiger partial charge in [-0.15, -0.1) is 0 Å². The van der Waals surface area contributed by atoms with E-state index in [-0.39, 0.29) is 36.2 Å². The van der Waals surface area contributed by atoms with Gasteiger partial charge in [0.15, 0.2) is 0 Å². The smallest absolute Gasteiger partial charge is 0.748 e. The molecule has 1 unspecified atom stereocenters. The fourth-order valence-electron chi connectivity index (χ4n) is 2.25. The summed E-state index contributed by atoms with van der Waals surface area (Å²) in [6, 6.07) is 0. The van der Waals surface area contributed by atoms with Crippen LogP contribution in [0.25, 0.3) is 0 Å². The maximum absolute atomic E-state index is 11.2. The van der Waals surface area contributed by atoms with E-state index in [4.69, 9.17) is 5.11 Å². The summed E-state index contributed by atoms with van der Waals surface area (Å²) in [5.41, 5.74) is 0. The molecule has 0 aromatic heterocycles. The van der Waals surface area contributed by atoms with Crippen LogP contribution in [0.1, 0.15) is 77.6 Å². The zero-order valence-corrected chi connectivity index (χ0v) is 16.0. The van der Waals surface area contributed by atoms with Crippen molar-refractivity contribution in [3.05, 3.63) is 0 Å². The van der Waals surface area contributed by atoms with E-state index in [1.807, 2.05) is 0 Å². The molecule has 0 spiro atoms. The zero-order valence-electron chi connectivity index (χ0n) is 13.1. The molecule has 0 fully saturated rings. The monoisotopic (exact) mass is 316 g/mol. The van der Waals surface area contributed by atoms with Crippen molar-refractivity contribution in [2.75, 3.05) is 6.61 Å². The Bertz CT molecular complexity index is 280. The molecule has 116 valence electrons. The van der Waals surface area contributed by atoms with Gasteiger partial charge in [0.25, 0.3) is 0 Å². The number of aliphatic hydroxyl groups excluding tert-OH is 1. The number of rotatable bonds is 13.